The molecule has 3 aromatic rings. The van der Waals surface area contributed by atoms with E-state index in [1.165, 1.54) is 35.1 Å². The number of hydrogen-bond acceptors (Lipinski definition) is 4. The molecule has 0 aromatic heterocycles. The normalized spacial score (nSPS) is 16.3. The van der Waals surface area contributed by atoms with Crippen molar-refractivity contribution >= 4 is 23.8 Å². The number of fused-ring (bicyclic) bond motifs is 2. The van der Waals surface area contributed by atoms with Crippen molar-refractivity contribution in [2.24, 2.45) is 0 Å². The van der Waals surface area contributed by atoms with Gasteiger partial charge in [-0.25, -0.2) is 4.79 Å². The summed E-state index contributed by atoms with van der Waals surface area (Å²) in [4.78, 5) is 16.1. The van der Waals surface area contributed by atoms with Crippen molar-refractivity contribution in [1.82, 2.24) is 5.32 Å². The fourth-order valence-electron chi connectivity index (χ4n) is 5.66. The summed E-state index contributed by atoms with van der Waals surface area (Å²) in [6.07, 6.45) is 4.62. The lowest BCUT2D eigenvalue weighted by atomic mass is 9.79. The van der Waals surface area contributed by atoms with Gasteiger partial charge in [-0.15, -0.1) is 0 Å². The number of carbonyl (C=O) groups excluding carboxylic acids is 1. The molecule has 1 spiro atoms. The molecule has 1 fully saturated rings. The average Bonchev–Trinajstić information content (AvgIpc) is 3.51. The smallest absolute Gasteiger partial charge is 0.322 e. The first-order valence-corrected chi connectivity index (χ1v) is 13.9. The monoisotopic (exact) mass is 516 g/mol. The first-order valence-electron chi connectivity index (χ1n) is 13.1. The number of benzene rings is 3. The van der Waals surface area contributed by atoms with Crippen LogP contribution >= 0.6 is 12.0 Å². The number of nitrogens with zero attached hydrogens (tertiary/aromatic N) is 1. The number of urea groups is 1. The van der Waals surface area contributed by atoms with E-state index in [4.69, 9.17) is 4.74 Å². The van der Waals surface area contributed by atoms with E-state index in [1.807, 2.05) is 29.2 Å². The largest absolute Gasteiger partial charge is 0.371 e. The molecule has 1 saturated carbocycles. The van der Waals surface area contributed by atoms with Crippen molar-refractivity contribution < 1.29 is 14.1 Å². The highest BCUT2D eigenvalue weighted by Gasteiger charge is 2.46. The summed E-state index contributed by atoms with van der Waals surface area (Å²) in [5.41, 5.74) is 6.71. The molecule has 0 unspecified atom stereocenters. The van der Waals surface area contributed by atoms with Gasteiger partial charge < -0.3 is 14.6 Å². The Kier molecular flexibility index (Phi) is 7.35. The van der Waals surface area contributed by atoms with Crippen LogP contribution in [0.2, 0.25) is 0 Å². The number of anilines is 1. The molecule has 5 rings (SSSR count). The van der Waals surface area contributed by atoms with Crippen molar-refractivity contribution in [3.63, 3.8) is 0 Å². The quantitative estimate of drug-likeness (QED) is 0.329. The third kappa shape index (κ3) is 5.57. The lowest BCUT2D eigenvalue weighted by molar-refractivity contribution is -0.0147. The van der Waals surface area contributed by atoms with Gasteiger partial charge in [0.25, 0.3) is 0 Å². The van der Waals surface area contributed by atoms with Crippen molar-refractivity contribution in [3.8, 4) is 11.1 Å². The van der Waals surface area contributed by atoms with Gasteiger partial charge in [-0.1, -0.05) is 55.3 Å². The number of nitrogens with one attached hydrogen (secondary N) is 1. The lowest BCUT2D eigenvalue weighted by Crippen LogP contribution is -2.41. The molecule has 2 N–H and O–H groups in total. The van der Waals surface area contributed by atoms with Crippen LogP contribution in [-0.4, -0.2) is 22.7 Å². The van der Waals surface area contributed by atoms with Gasteiger partial charge in [-0.2, -0.15) is 0 Å². The second kappa shape index (κ2) is 10.5. The lowest BCUT2D eigenvalue weighted by Gasteiger charge is -2.25. The minimum atomic E-state index is -0.202. The van der Waals surface area contributed by atoms with Gasteiger partial charge >= 0.3 is 6.03 Å². The van der Waals surface area contributed by atoms with Gasteiger partial charge in [-0.05, 0) is 85.7 Å². The molecule has 0 radical (unpaired) electrons. The molecule has 1 heterocycles. The Hall–Kier alpha value is -2.80. The second-order valence-corrected chi connectivity index (χ2v) is 11.9. The Morgan fingerprint density at radius 1 is 1.05 bits per heavy atom. The molecule has 0 bridgehead atoms. The zero-order chi connectivity index (χ0) is 26.0. The van der Waals surface area contributed by atoms with Crippen LogP contribution in [0.1, 0.15) is 63.1 Å². The van der Waals surface area contributed by atoms with E-state index >= 15 is 0 Å². The van der Waals surface area contributed by atoms with E-state index in [9.17, 15) is 9.35 Å². The van der Waals surface area contributed by atoms with Gasteiger partial charge in [0.2, 0.25) is 0 Å². The standard InChI is InChI=1S/C31H36N2O3S/c1-30(2,3)36-20-24-8-4-5-9-26(24)23-12-15-28-27(18-23)31(16-6-7-17-31)21-33(28)29(34)32-19-22-10-13-25(37-35)14-11-22/h4-5,8-15,18,35H,6-7,16-17,19-21H2,1-3H3,(H,32,34). The highest BCUT2D eigenvalue weighted by molar-refractivity contribution is 7.93. The maximum absolute atomic E-state index is 13.4. The fourth-order valence-corrected chi connectivity index (χ4v) is 5.92. The Morgan fingerprint density at radius 3 is 2.49 bits per heavy atom. The molecule has 2 aliphatic rings. The van der Waals surface area contributed by atoms with Gasteiger partial charge in [0, 0.05) is 41.1 Å². The molecule has 3 aromatic carbocycles. The van der Waals surface area contributed by atoms with Gasteiger partial charge in [0.05, 0.1) is 12.2 Å². The van der Waals surface area contributed by atoms with Crippen molar-refractivity contribution in [3.05, 3.63) is 83.4 Å². The summed E-state index contributed by atoms with van der Waals surface area (Å²) in [5, 5.41) is 3.11. The zero-order valence-corrected chi connectivity index (χ0v) is 22.7. The Bertz CT molecular complexity index is 1260. The SMILES string of the molecule is CC(C)(C)OCc1ccccc1-c1ccc2c(c1)C1(CCCC1)CN2C(=O)NCc1ccc(SO)cc1. The maximum atomic E-state index is 13.4. The molecular weight excluding hydrogens is 480 g/mol. The number of amides is 2. The van der Waals surface area contributed by atoms with Crippen LogP contribution in [0.4, 0.5) is 10.5 Å². The molecule has 0 atom stereocenters. The van der Waals surface area contributed by atoms with Crippen molar-refractivity contribution in [1.29, 1.82) is 0 Å². The summed E-state index contributed by atoms with van der Waals surface area (Å²) in [5.74, 6) is 0. The van der Waals surface area contributed by atoms with Gasteiger partial charge in [-0.3, -0.25) is 4.90 Å². The highest BCUT2D eigenvalue weighted by atomic mass is 32.2. The summed E-state index contributed by atoms with van der Waals surface area (Å²) in [6, 6.07) is 22.6. The molecule has 5 nitrogen and oxygen atoms in total. The number of ether oxygens (including phenoxy) is 1. The minimum Gasteiger partial charge on any atom is -0.371 e. The van der Waals surface area contributed by atoms with Crippen LogP contribution in [-0.2, 0) is 23.3 Å². The molecule has 0 saturated heterocycles. The van der Waals surface area contributed by atoms with E-state index in [-0.39, 0.29) is 17.0 Å². The molecule has 2 amide bonds. The van der Waals surface area contributed by atoms with Crippen molar-refractivity contribution in [2.45, 2.75) is 75.5 Å². The number of carbonyl (C=O) groups is 1. The fraction of sp³-hybridized carbons (Fsp3) is 0.387. The average molecular weight is 517 g/mol. The molecule has 1 aliphatic carbocycles. The van der Waals surface area contributed by atoms with Crippen molar-refractivity contribution in [2.75, 3.05) is 11.4 Å². The third-order valence-electron chi connectivity index (χ3n) is 7.59. The summed E-state index contributed by atoms with van der Waals surface area (Å²) < 4.78 is 15.3. The molecule has 6 heteroatoms. The number of hydrogen-bond donors (Lipinski definition) is 2. The predicted octanol–water partition coefficient (Wildman–Crippen LogP) is 7.78. The maximum Gasteiger partial charge on any atom is 0.322 e. The second-order valence-electron chi connectivity index (χ2n) is 11.3. The third-order valence-corrected chi connectivity index (χ3v) is 8.07. The van der Waals surface area contributed by atoms with E-state index in [1.54, 1.807) is 0 Å². The van der Waals surface area contributed by atoms with Crippen LogP contribution in [0, 0.1) is 0 Å². The Labute approximate surface area is 224 Å². The van der Waals surface area contributed by atoms with E-state index in [0.29, 0.717) is 13.2 Å². The van der Waals surface area contributed by atoms with Gasteiger partial charge in [0.1, 0.15) is 0 Å². The predicted molar refractivity (Wildman–Crippen MR) is 151 cm³/mol. The van der Waals surface area contributed by atoms with E-state index in [2.05, 4.69) is 68.6 Å². The first kappa shape index (κ1) is 25.8. The molecule has 37 heavy (non-hydrogen) atoms. The van der Waals surface area contributed by atoms with Crippen LogP contribution in [0.5, 0.6) is 0 Å². The molecule has 194 valence electrons. The van der Waals surface area contributed by atoms with Crippen LogP contribution in [0.3, 0.4) is 0 Å². The molecule has 1 aliphatic heterocycles. The van der Waals surface area contributed by atoms with Crippen LogP contribution in [0.25, 0.3) is 11.1 Å². The van der Waals surface area contributed by atoms with Gasteiger partial charge in [0.15, 0.2) is 0 Å². The number of rotatable bonds is 6. The zero-order valence-electron chi connectivity index (χ0n) is 21.9. The summed E-state index contributed by atoms with van der Waals surface area (Å²) >= 11 is 0.727. The van der Waals surface area contributed by atoms with Crippen LogP contribution in [0.15, 0.2) is 71.6 Å². The van der Waals surface area contributed by atoms with E-state index in [0.717, 1.165) is 47.6 Å². The first-order chi connectivity index (χ1) is 17.8. The molecular formula is C31H36N2O3S. The Balaban J connectivity index is 1.41. The Morgan fingerprint density at radius 2 is 1.78 bits per heavy atom. The van der Waals surface area contributed by atoms with Crippen LogP contribution < -0.4 is 10.2 Å². The van der Waals surface area contributed by atoms with E-state index < -0.39 is 0 Å². The highest BCUT2D eigenvalue weighted by Crippen LogP contribution is 2.51. The minimum absolute atomic E-state index is 0.0273. The summed E-state index contributed by atoms with van der Waals surface area (Å²) in [6.45, 7) is 7.99. The summed E-state index contributed by atoms with van der Waals surface area (Å²) in [7, 11) is 0. The topological polar surface area (TPSA) is 61.8 Å².